The van der Waals surface area contributed by atoms with Crippen molar-refractivity contribution in [2.75, 3.05) is 13.1 Å². The number of hydrogen-bond acceptors (Lipinski definition) is 2. The topological polar surface area (TPSA) is 32.3 Å². The Balaban J connectivity index is 1.55. The number of benzene rings is 1. The van der Waals surface area contributed by atoms with E-state index < -0.39 is 0 Å². The smallest absolute Gasteiger partial charge is 0.225 e. The second kappa shape index (κ2) is 7.18. The summed E-state index contributed by atoms with van der Waals surface area (Å²) in [4.78, 5) is 14.3. The lowest BCUT2D eigenvalue weighted by molar-refractivity contribution is -0.134. The monoisotopic (exact) mass is 338 g/mol. The molecule has 126 valence electrons. The number of carbonyl (C=O) groups is 1. The lowest BCUT2D eigenvalue weighted by atomic mass is 9.89. The number of halogens is 2. The molecular formula is C18H24ClFN2O. The largest absolute Gasteiger partial charge is 0.342 e. The van der Waals surface area contributed by atoms with E-state index in [4.69, 9.17) is 11.6 Å². The summed E-state index contributed by atoms with van der Waals surface area (Å²) in [7, 11) is 0. The highest BCUT2D eigenvalue weighted by Gasteiger charge is 2.37. The molecule has 23 heavy (non-hydrogen) atoms. The average Bonchev–Trinajstić information content (AvgIpc) is 3.40. The number of carbonyl (C=O) groups excluding carboxylic acids is 1. The minimum atomic E-state index is -0.372. The van der Waals surface area contributed by atoms with Crippen LogP contribution in [0.5, 0.6) is 0 Å². The van der Waals surface area contributed by atoms with Crippen molar-refractivity contribution in [3.05, 3.63) is 34.6 Å². The van der Waals surface area contributed by atoms with Gasteiger partial charge in [-0.1, -0.05) is 31.0 Å². The van der Waals surface area contributed by atoms with Gasteiger partial charge in [-0.2, -0.15) is 0 Å². The number of nitrogens with zero attached hydrogens (tertiary/aromatic N) is 1. The van der Waals surface area contributed by atoms with E-state index >= 15 is 0 Å². The zero-order valence-corrected chi connectivity index (χ0v) is 14.3. The fourth-order valence-corrected chi connectivity index (χ4v) is 3.52. The Morgan fingerprint density at radius 1 is 1.39 bits per heavy atom. The van der Waals surface area contributed by atoms with Gasteiger partial charge < -0.3 is 10.2 Å². The van der Waals surface area contributed by atoms with Crippen LogP contribution in [-0.2, 0) is 11.3 Å². The van der Waals surface area contributed by atoms with E-state index in [-0.39, 0.29) is 10.8 Å². The highest BCUT2D eigenvalue weighted by Crippen LogP contribution is 2.33. The van der Waals surface area contributed by atoms with Crippen LogP contribution in [0, 0.1) is 17.7 Å². The Labute approximate surface area is 142 Å². The summed E-state index contributed by atoms with van der Waals surface area (Å²) < 4.78 is 13.5. The molecule has 0 aromatic heterocycles. The van der Waals surface area contributed by atoms with E-state index in [9.17, 15) is 9.18 Å². The van der Waals surface area contributed by atoms with Gasteiger partial charge in [0.1, 0.15) is 5.82 Å². The van der Waals surface area contributed by atoms with Gasteiger partial charge in [-0.25, -0.2) is 4.39 Å². The van der Waals surface area contributed by atoms with Crippen LogP contribution < -0.4 is 5.32 Å². The molecule has 2 aliphatic rings. The Hall–Kier alpha value is -1.13. The van der Waals surface area contributed by atoms with Gasteiger partial charge >= 0.3 is 0 Å². The molecule has 2 fully saturated rings. The fraction of sp³-hybridized carbons (Fsp3) is 0.611. The third-order valence-corrected chi connectivity index (χ3v) is 5.36. The summed E-state index contributed by atoms with van der Waals surface area (Å²) in [5.41, 5.74) is 0.901. The fourth-order valence-electron chi connectivity index (χ4n) is 3.40. The second-order valence-electron chi connectivity index (χ2n) is 6.75. The van der Waals surface area contributed by atoms with Crippen LogP contribution in [0.1, 0.15) is 38.2 Å². The summed E-state index contributed by atoms with van der Waals surface area (Å²) in [6, 6.07) is 5.32. The van der Waals surface area contributed by atoms with Gasteiger partial charge in [-0.15, -0.1) is 0 Å². The Bertz CT molecular complexity index is 576. The van der Waals surface area contributed by atoms with Crippen molar-refractivity contribution in [1.82, 2.24) is 10.2 Å². The predicted molar refractivity (Wildman–Crippen MR) is 89.7 cm³/mol. The maximum Gasteiger partial charge on any atom is 0.225 e. The molecule has 0 radical (unpaired) electrons. The van der Waals surface area contributed by atoms with E-state index in [2.05, 4.69) is 12.2 Å². The molecule has 1 amide bonds. The van der Waals surface area contributed by atoms with Crippen molar-refractivity contribution >= 4 is 17.5 Å². The highest BCUT2D eigenvalue weighted by molar-refractivity contribution is 6.30. The van der Waals surface area contributed by atoms with Gasteiger partial charge in [0.15, 0.2) is 0 Å². The SMILES string of the molecule is CC[C@H]1CN(C(=O)C2CC2)CC[C@H]1NCc1ccc(Cl)c(F)c1. The van der Waals surface area contributed by atoms with Crippen LogP contribution in [0.3, 0.4) is 0 Å². The molecular weight excluding hydrogens is 315 g/mol. The van der Waals surface area contributed by atoms with Gasteiger partial charge in [0.2, 0.25) is 5.91 Å². The number of nitrogens with one attached hydrogen (secondary N) is 1. The van der Waals surface area contributed by atoms with Gasteiger partial charge in [-0.05, 0) is 42.9 Å². The molecule has 1 aromatic carbocycles. The predicted octanol–water partition coefficient (Wildman–Crippen LogP) is 3.61. The minimum absolute atomic E-state index is 0.159. The zero-order valence-electron chi connectivity index (χ0n) is 13.5. The van der Waals surface area contributed by atoms with E-state index in [1.807, 2.05) is 11.0 Å². The van der Waals surface area contributed by atoms with Crippen molar-refractivity contribution < 1.29 is 9.18 Å². The van der Waals surface area contributed by atoms with Crippen LogP contribution >= 0.6 is 11.6 Å². The van der Waals surface area contributed by atoms with Crippen molar-refractivity contribution in [2.45, 2.75) is 45.2 Å². The summed E-state index contributed by atoms with van der Waals surface area (Å²) in [5, 5.41) is 3.70. The zero-order chi connectivity index (χ0) is 16.4. The molecule has 1 aliphatic carbocycles. The molecule has 5 heteroatoms. The first kappa shape index (κ1) is 16.7. The van der Waals surface area contributed by atoms with E-state index in [0.717, 1.165) is 44.3 Å². The first-order valence-electron chi connectivity index (χ1n) is 8.54. The molecule has 2 atom stereocenters. The van der Waals surface area contributed by atoms with Gasteiger partial charge in [-0.3, -0.25) is 4.79 Å². The molecule has 1 saturated heterocycles. The standard InChI is InChI=1S/C18H24ClFN2O/c1-2-13-11-22(18(23)14-4-5-14)8-7-17(13)21-10-12-3-6-15(19)16(20)9-12/h3,6,9,13-14,17,21H,2,4-5,7-8,10-11H2,1H3/t13-,17+/m0/s1. The van der Waals surface area contributed by atoms with Crippen LogP contribution in [0.25, 0.3) is 0 Å². The number of likely N-dealkylation sites (tertiary alicyclic amines) is 1. The number of rotatable bonds is 5. The Morgan fingerprint density at radius 3 is 2.83 bits per heavy atom. The lowest BCUT2D eigenvalue weighted by Gasteiger charge is -2.39. The summed E-state index contributed by atoms with van der Waals surface area (Å²) in [6.45, 7) is 4.48. The van der Waals surface area contributed by atoms with Crippen LogP contribution in [-0.4, -0.2) is 29.9 Å². The van der Waals surface area contributed by atoms with Gasteiger partial charge in [0.25, 0.3) is 0 Å². The maximum atomic E-state index is 13.5. The van der Waals surface area contributed by atoms with E-state index in [1.165, 1.54) is 6.07 Å². The third-order valence-electron chi connectivity index (χ3n) is 5.05. The third kappa shape index (κ3) is 4.04. The Kier molecular flexibility index (Phi) is 5.22. The van der Waals surface area contributed by atoms with Crippen LogP contribution in [0.2, 0.25) is 5.02 Å². The molecule has 3 rings (SSSR count). The molecule has 1 heterocycles. The molecule has 0 bridgehead atoms. The summed E-state index contributed by atoms with van der Waals surface area (Å²) in [6.07, 6.45) is 4.14. The second-order valence-corrected chi connectivity index (χ2v) is 7.16. The van der Waals surface area contributed by atoms with Crippen molar-refractivity contribution in [1.29, 1.82) is 0 Å². The molecule has 1 aliphatic heterocycles. The number of amides is 1. The van der Waals surface area contributed by atoms with Crippen LogP contribution in [0.4, 0.5) is 4.39 Å². The van der Waals surface area contributed by atoms with Crippen molar-refractivity contribution in [3.8, 4) is 0 Å². The quantitative estimate of drug-likeness (QED) is 0.889. The van der Waals surface area contributed by atoms with Crippen molar-refractivity contribution in [3.63, 3.8) is 0 Å². The molecule has 0 unspecified atom stereocenters. The molecule has 1 N–H and O–H groups in total. The molecule has 3 nitrogen and oxygen atoms in total. The molecule has 0 spiro atoms. The average molecular weight is 339 g/mol. The van der Waals surface area contributed by atoms with Gasteiger partial charge in [0, 0.05) is 31.6 Å². The normalized spacial score (nSPS) is 24.7. The van der Waals surface area contributed by atoms with Gasteiger partial charge in [0.05, 0.1) is 5.02 Å². The highest BCUT2D eigenvalue weighted by atomic mass is 35.5. The summed E-state index contributed by atoms with van der Waals surface area (Å²) in [5.74, 6) is 0.738. The Morgan fingerprint density at radius 2 is 2.17 bits per heavy atom. The molecule has 1 saturated carbocycles. The summed E-state index contributed by atoms with van der Waals surface area (Å²) >= 11 is 5.72. The van der Waals surface area contributed by atoms with Crippen molar-refractivity contribution in [2.24, 2.45) is 11.8 Å². The maximum absolute atomic E-state index is 13.5. The number of piperidine rings is 1. The first-order chi connectivity index (χ1) is 11.1. The van der Waals surface area contributed by atoms with E-state index in [0.29, 0.717) is 30.3 Å². The van der Waals surface area contributed by atoms with E-state index in [1.54, 1.807) is 6.07 Å². The lowest BCUT2D eigenvalue weighted by Crippen LogP contribution is -2.51. The minimum Gasteiger partial charge on any atom is -0.342 e. The number of hydrogen-bond donors (Lipinski definition) is 1. The molecule has 1 aromatic rings. The first-order valence-corrected chi connectivity index (χ1v) is 8.92. The van der Waals surface area contributed by atoms with Crippen LogP contribution in [0.15, 0.2) is 18.2 Å².